The second kappa shape index (κ2) is 5.80. The Morgan fingerprint density at radius 2 is 1.92 bits per heavy atom. The van der Waals surface area contributed by atoms with E-state index in [1.165, 1.54) is 44.1 Å². The second-order valence-electron chi connectivity index (χ2n) is 9.31. The van der Waals surface area contributed by atoms with Crippen molar-refractivity contribution in [1.29, 1.82) is 0 Å². The van der Waals surface area contributed by atoms with Gasteiger partial charge < -0.3 is 4.90 Å². The van der Waals surface area contributed by atoms with Gasteiger partial charge in [0.25, 0.3) is 0 Å². The van der Waals surface area contributed by atoms with E-state index in [2.05, 4.69) is 37.9 Å². The predicted octanol–water partition coefficient (Wildman–Crippen LogP) is 4.87. The number of amides is 1. The van der Waals surface area contributed by atoms with E-state index < -0.39 is 0 Å². The minimum atomic E-state index is 0.266. The van der Waals surface area contributed by atoms with Crippen molar-refractivity contribution in [2.75, 3.05) is 6.54 Å². The van der Waals surface area contributed by atoms with Crippen molar-refractivity contribution >= 4 is 21.8 Å². The van der Waals surface area contributed by atoms with E-state index in [-0.39, 0.29) is 11.5 Å². The Bertz CT molecular complexity index is 662. The molecule has 2 heterocycles. The molecular formula is C21H27BrN2O. The standard InChI is InChI=1S/C21H27BrN2O/c22-21-11-15-8-16(12-21)10-20(9-15,14-21)13-19(25)24-7-1-2-18(24)17-3-5-23-6-4-17/h3-6,15-16,18H,1-2,7-14H2/t15-,16-,18-,20?,21?/m1/s1. The summed E-state index contributed by atoms with van der Waals surface area (Å²) in [6.07, 6.45) is 14.6. The lowest BCUT2D eigenvalue weighted by molar-refractivity contribution is -0.139. The van der Waals surface area contributed by atoms with Crippen molar-refractivity contribution in [2.45, 2.75) is 68.2 Å². The van der Waals surface area contributed by atoms with Crippen molar-refractivity contribution in [3.05, 3.63) is 30.1 Å². The summed E-state index contributed by atoms with van der Waals surface area (Å²) >= 11 is 4.08. The lowest BCUT2D eigenvalue weighted by Gasteiger charge is -2.60. The van der Waals surface area contributed by atoms with Crippen molar-refractivity contribution < 1.29 is 4.79 Å². The van der Waals surface area contributed by atoms with E-state index in [4.69, 9.17) is 0 Å². The van der Waals surface area contributed by atoms with E-state index in [1.54, 1.807) is 0 Å². The van der Waals surface area contributed by atoms with E-state index in [9.17, 15) is 4.79 Å². The maximum atomic E-state index is 13.3. The van der Waals surface area contributed by atoms with Crippen LogP contribution in [0.25, 0.3) is 0 Å². The Morgan fingerprint density at radius 3 is 2.60 bits per heavy atom. The molecule has 3 atom stereocenters. The zero-order valence-electron chi connectivity index (χ0n) is 14.8. The maximum absolute atomic E-state index is 13.3. The molecule has 25 heavy (non-hydrogen) atoms. The summed E-state index contributed by atoms with van der Waals surface area (Å²) < 4.78 is 0.340. The molecule has 4 heteroatoms. The highest BCUT2D eigenvalue weighted by Crippen LogP contribution is 2.65. The van der Waals surface area contributed by atoms with Crippen molar-refractivity contribution in [2.24, 2.45) is 17.3 Å². The third kappa shape index (κ3) is 2.85. The number of aromatic nitrogens is 1. The summed E-state index contributed by atoms with van der Waals surface area (Å²) in [5, 5.41) is 0. The average molecular weight is 403 g/mol. The molecule has 5 aliphatic rings. The second-order valence-corrected chi connectivity index (χ2v) is 11.0. The van der Waals surface area contributed by atoms with Crippen LogP contribution in [0.3, 0.4) is 0 Å². The van der Waals surface area contributed by atoms with Gasteiger partial charge in [-0.25, -0.2) is 0 Å². The quantitative estimate of drug-likeness (QED) is 0.675. The number of hydrogen-bond donors (Lipinski definition) is 0. The molecule has 0 N–H and O–H groups in total. The topological polar surface area (TPSA) is 33.2 Å². The van der Waals surface area contributed by atoms with Crippen LogP contribution in [0.2, 0.25) is 0 Å². The molecule has 0 spiro atoms. The summed E-state index contributed by atoms with van der Waals surface area (Å²) in [5.41, 5.74) is 1.53. The molecule has 134 valence electrons. The highest BCUT2D eigenvalue weighted by Gasteiger charge is 2.57. The van der Waals surface area contributed by atoms with Crippen LogP contribution >= 0.6 is 15.9 Å². The smallest absolute Gasteiger partial charge is 0.223 e. The van der Waals surface area contributed by atoms with Gasteiger partial charge in [0.2, 0.25) is 5.91 Å². The number of hydrogen-bond acceptors (Lipinski definition) is 2. The summed E-state index contributed by atoms with van der Waals surface area (Å²) in [5.74, 6) is 2.10. The van der Waals surface area contributed by atoms with Gasteiger partial charge in [-0.3, -0.25) is 9.78 Å². The van der Waals surface area contributed by atoms with Crippen LogP contribution in [0.15, 0.2) is 24.5 Å². The summed E-state index contributed by atoms with van der Waals surface area (Å²) in [7, 11) is 0. The Balaban J connectivity index is 1.35. The first-order valence-corrected chi connectivity index (χ1v) is 10.7. The molecule has 1 saturated heterocycles. The summed E-state index contributed by atoms with van der Waals surface area (Å²) in [6.45, 7) is 0.925. The zero-order chi connectivity index (χ0) is 17.1. The molecule has 4 saturated carbocycles. The average Bonchev–Trinajstić information content (AvgIpc) is 3.02. The van der Waals surface area contributed by atoms with Crippen LogP contribution in [-0.2, 0) is 4.79 Å². The fourth-order valence-electron chi connectivity index (χ4n) is 6.96. The van der Waals surface area contributed by atoms with Crippen molar-refractivity contribution in [3.8, 4) is 0 Å². The van der Waals surface area contributed by atoms with Gasteiger partial charge in [0.05, 0.1) is 6.04 Å². The molecule has 0 radical (unpaired) electrons. The maximum Gasteiger partial charge on any atom is 0.223 e. The van der Waals surface area contributed by atoms with Gasteiger partial charge in [0.15, 0.2) is 0 Å². The minimum Gasteiger partial charge on any atom is -0.336 e. The molecule has 1 amide bonds. The van der Waals surface area contributed by atoms with Crippen LogP contribution in [0.4, 0.5) is 0 Å². The van der Waals surface area contributed by atoms with Gasteiger partial charge in [-0.1, -0.05) is 15.9 Å². The molecule has 4 bridgehead atoms. The first-order valence-electron chi connectivity index (χ1n) is 9.93. The van der Waals surface area contributed by atoms with Gasteiger partial charge in [0.1, 0.15) is 0 Å². The number of likely N-dealkylation sites (tertiary alicyclic amines) is 1. The third-order valence-electron chi connectivity index (χ3n) is 7.30. The van der Waals surface area contributed by atoms with Crippen LogP contribution < -0.4 is 0 Å². The van der Waals surface area contributed by atoms with E-state index in [1.807, 2.05) is 12.4 Å². The largest absolute Gasteiger partial charge is 0.336 e. The van der Waals surface area contributed by atoms with Crippen molar-refractivity contribution in [1.82, 2.24) is 9.88 Å². The molecule has 5 fully saturated rings. The third-order valence-corrected chi connectivity index (χ3v) is 8.23. The Labute approximate surface area is 158 Å². The highest BCUT2D eigenvalue weighted by atomic mass is 79.9. The van der Waals surface area contributed by atoms with Gasteiger partial charge in [0, 0.05) is 29.7 Å². The first-order chi connectivity index (χ1) is 12.0. The van der Waals surface area contributed by atoms with E-state index >= 15 is 0 Å². The SMILES string of the molecule is O=C(CC12C[C@H]3C[C@@H](CC(Br)(C3)C1)C2)N1CCC[C@@H]1c1ccncc1. The number of rotatable bonds is 3. The lowest BCUT2D eigenvalue weighted by atomic mass is 9.48. The Morgan fingerprint density at radius 1 is 1.20 bits per heavy atom. The van der Waals surface area contributed by atoms with Crippen LogP contribution in [0.1, 0.15) is 69.4 Å². The molecule has 0 aromatic carbocycles. The molecule has 1 aromatic heterocycles. The number of carbonyl (C=O) groups excluding carboxylic acids is 1. The summed E-state index contributed by atoms with van der Waals surface area (Å²) in [6, 6.07) is 4.42. The zero-order valence-corrected chi connectivity index (χ0v) is 16.4. The van der Waals surface area contributed by atoms with Crippen LogP contribution in [-0.4, -0.2) is 26.7 Å². The summed E-state index contributed by atoms with van der Waals surface area (Å²) in [4.78, 5) is 19.6. The number of halogens is 1. The predicted molar refractivity (Wildman–Crippen MR) is 101 cm³/mol. The molecule has 3 nitrogen and oxygen atoms in total. The molecule has 0 unspecified atom stereocenters. The number of nitrogens with zero attached hydrogens (tertiary/aromatic N) is 2. The Kier molecular flexibility index (Phi) is 3.78. The van der Waals surface area contributed by atoms with Gasteiger partial charge in [-0.05, 0) is 86.3 Å². The molecule has 1 aromatic rings. The lowest BCUT2D eigenvalue weighted by Crippen LogP contribution is -2.54. The van der Waals surface area contributed by atoms with Gasteiger partial charge in [-0.15, -0.1) is 0 Å². The number of carbonyl (C=O) groups is 1. The van der Waals surface area contributed by atoms with E-state index in [0.29, 0.717) is 10.2 Å². The monoisotopic (exact) mass is 402 g/mol. The fraction of sp³-hybridized carbons (Fsp3) is 0.714. The minimum absolute atomic E-state index is 0.266. The van der Waals surface area contributed by atoms with Gasteiger partial charge >= 0.3 is 0 Å². The first kappa shape index (κ1) is 16.3. The fourth-order valence-corrected chi connectivity index (χ4v) is 8.47. The van der Waals surface area contributed by atoms with Crippen molar-refractivity contribution in [3.63, 3.8) is 0 Å². The number of alkyl halides is 1. The van der Waals surface area contributed by atoms with Gasteiger partial charge in [-0.2, -0.15) is 0 Å². The van der Waals surface area contributed by atoms with Crippen LogP contribution in [0.5, 0.6) is 0 Å². The van der Waals surface area contributed by atoms with E-state index in [0.717, 1.165) is 37.6 Å². The molecular weight excluding hydrogens is 376 g/mol. The molecule has 4 aliphatic carbocycles. The Hall–Kier alpha value is -0.900. The van der Waals surface area contributed by atoms with Crippen LogP contribution in [0, 0.1) is 17.3 Å². The molecule has 1 aliphatic heterocycles. The highest BCUT2D eigenvalue weighted by molar-refractivity contribution is 9.10. The number of pyridine rings is 1. The normalized spacial score (nSPS) is 42.1. The molecule has 6 rings (SSSR count).